The van der Waals surface area contributed by atoms with Gasteiger partial charge in [0, 0.05) is 107 Å². The van der Waals surface area contributed by atoms with Crippen molar-refractivity contribution in [2.45, 2.75) is 6.18 Å². The Kier molecular flexibility index (Phi) is 23.4. The van der Waals surface area contributed by atoms with Gasteiger partial charge in [-0.25, -0.2) is 81.2 Å². The number of nitrogens with two attached hydrogens (primary N) is 3. The van der Waals surface area contributed by atoms with Crippen LogP contribution >= 0.6 is 45.6 Å². The van der Waals surface area contributed by atoms with E-state index in [1.165, 1.54) is 97.5 Å². The molecule has 0 aliphatic carbocycles. The Labute approximate surface area is 672 Å². The zero-order chi connectivity index (χ0) is 80.9. The first kappa shape index (κ1) is 78.9. The Morgan fingerprint density at radius 1 is 0.414 bits per heavy atom. The summed E-state index contributed by atoms with van der Waals surface area (Å²) in [6.07, 6.45) is 0.146. The van der Waals surface area contributed by atoms with Crippen molar-refractivity contribution in [3.05, 3.63) is 198 Å². The summed E-state index contributed by atoms with van der Waals surface area (Å²) in [6, 6.07) is 30.9. The number of carbonyl (C=O) groups is 3. The monoisotopic (exact) mass is 1660 g/mol. The standard InChI is InChI=1S/C27H23F4N7O2S.C26H23ClFN7O2S.C24H20F3N7O2S/c28-19-6-1-16(15-21(19)38-10-9-37(26(38)39)18-4-2-17(3-5-18)27(29,30)31)23-22(20-7-8-33-24(32)34-20)35-25(41-23)36-11-13-40-14-12-36;27-17-2-4-18(5-3-17)34-9-10-35(26(34)36)21-15-16(1-6-19(21)28)23-22(20-7-8-30-24(29)31-20)32-25(38-23)33-11-13-37-14-12-33;25-14-2-4-17(16(27)12-14)31-23(35)32-19-11-13(1-3-15(19)26)21-20(18-5-6-29-22(28)30-18)33-24(37-21)34-7-9-36-10-8-34/h1-8,15H,9-14H2,(H2,32,33,34);1-8,15H,9-14H2,(H2,29,30,31);1-6,11-12H,7-10H2,(H2,28,29,30)(H2,31,32,35). The van der Waals surface area contributed by atoms with E-state index in [4.69, 9.17) is 58.0 Å². The molecule has 0 saturated carbocycles. The molecule has 596 valence electrons. The smallest absolute Gasteiger partial charge is 0.378 e. The highest BCUT2D eigenvalue weighted by molar-refractivity contribution is 7.20. The predicted octanol–water partition coefficient (Wildman–Crippen LogP) is 15.0. The van der Waals surface area contributed by atoms with Crippen LogP contribution in [0.2, 0.25) is 5.02 Å². The summed E-state index contributed by atoms with van der Waals surface area (Å²) in [7, 11) is 0. The number of nitrogen functional groups attached to an aromatic ring is 3. The van der Waals surface area contributed by atoms with Gasteiger partial charge in [-0.15, -0.1) is 0 Å². The third kappa shape index (κ3) is 17.6. The summed E-state index contributed by atoms with van der Waals surface area (Å²) in [5.74, 6) is -3.24. The third-order valence-electron chi connectivity index (χ3n) is 18.8. The van der Waals surface area contributed by atoms with Crippen molar-refractivity contribution in [2.24, 2.45) is 0 Å². The fourth-order valence-electron chi connectivity index (χ4n) is 13.0. The number of hydrogen-bond donors (Lipinski definition) is 5. The van der Waals surface area contributed by atoms with Crippen molar-refractivity contribution < 1.29 is 63.7 Å². The van der Waals surface area contributed by atoms with Gasteiger partial charge in [-0.3, -0.25) is 19.6 Å². The SMILES string of the molecule is Nc1nccc(-c2nc(N3CCOCC3)sc2-c2ccc(F)c(N3CCN(c4ccc(C(F)(F)F)cc4)C3=O)c2)n1.Nc1nccc(-c2nc(N3CCOCC3)sc2-c2ccc(F)c(N3CCN(c4ccc(Cl)cc4)C3=O)c2)n1.Nc1nccc(-c2nc(N3CCOCC3)sc2-c2ccc(F)c(NC(=O)Nc3ccc(F)cc3F)c2)n1. The highest BCUT2D eigenvalue weighted by Crippen LogP contribution is 2.46. The number of alkyl halides is 3. The van der Waals surface area contributed by atoms with Crippen molar-refractivity contribution >= 4 is 131 Å². The molecule has 6 aromatic carbocycles. The normalized spacial score (nSPS) is 15.2. The number of nitrogens with zero attached hydrogens (tertiary/aromatic N) is 16. The van der Waals surface area contributed by atoms with E-state index in [1.54, 1.807) is 83.9 Å². The van der Waals surface area contributed by atoms with E-state index < -0.39 is 52.9 Å². The number of rotatable bonds is 15. The second-order valence-corrected chi connectivity index (χ2v) is 29.5. The highest BCUT2D eigenvalue weighted by Gasteiger charge is 2.37. The molecule has 5 aliphatic heterocycles. The van der Waals surface area contributed by atoms with E-state index >= 15 is 8.78 Å². The van der Waals surface area contributed by atoms with Gasteiger partial charge in [0.05, 0.1) is 99.7 Å². The van der Waals surface area contributed by atoms with Gasteiger partial charge in [0.15, 0.2) is 15.4 Å². The lowest BCUT2D eigenvalue weighted by molar-refractivity contribution is -0.137. The number of carbonyl (C=O) groups excluding carboxylic acids is 3. The Balaban J connectivity index is 0.000000137. The van der Waals surface area contributed by atoms with E-state index in [9.17, 15) is 40.7 Å². The van der Waals surface area contributed by atoms with Crippen LogP contribution < -0.4 is 62.1 Å². The third-order valence-corrected chi connectivity index (χ3v) is 22.5. The number of thiazole rings is 3. The van der Waals surface area contributed by atoms with E-state index in [2.05, 4.69) is 55.2 Å². The summed E-state index contributed by atoms with van der Waals surface area (Å²) in [6.45, 7) is 8.70. The molecule has 8 N–H and O–H groups in total. The largest absolute Gasteiger partial charge is 0.416 e. The minimum Gasteiger partial charge on any atom is -0.378 e. The fraction of sp³-hybridized carbons (Fsp3) is 0.221. The molecule has 27 nitrogen and oxygen atoms in total. The second-order valence-electron chi connectivity index (χ2n) is 26.1. The maximum absolute atomic E-state index is 15.2. The van der Waals surface area contributed by atoms with Gasteiger partial charge < -0.3 is 56.7 Å². The first-order valence-corrected chi connectivity index (χ1v) is 38.7. The summed E-state index contributed by atoms with van der Waals surface area (Å²) in [5.41, 5.74) is 22.7. The minimum atomic E-state index is -4.49. The fourth-order valence-corrected chi connectivity index (χ4v) is 16.5. The first-order valence-electron chi connectivity index (χ1n) is 35.8. The number of morpholine rings is 3. The number of benzene rings is 6. The molecule has 0 radical (unpaired) electrons. The molecular weight excluding hydrogens is 1600 g/mol. The van der Waals surface area contributed by atoms with E-state index in [-0.39, 0.29) is 59.7 Å². The molecule has 12 aromatic rings. The van der Waals surface area contributed by atoms with Gasteiger partial charge in [-0.2, -0.15) is 13.2 Å². The van der Waals surface area contributed by atoms with Gasteiger partial charge in [0.25, 0.3) is 0 Å². The number of amides is 6. The van der Waals surface area contributed by atoms with Crippen LogP contribution in [0.15, 0.2) is 158 Å². The maximum Gasteiger partial charge on any atom is 0.416 e. The molecule has 0 spiro atoms. The molecule has 17 rings (SSSR count). The first-order chi connectivity index (χ1) is 56.0. The van der Waals surface area contributed by atoms with Crippen molar-refractivity contribution in [1.29, 1.82) is 0 Å². The van der Waals surface area contributed by atoms with Gasteiger partial charge >= 0.3 is 24.3 Å². The average molecular weight is 1670 g/mol. The van der Waals surface area contributed by atoms with Gasteiger partial charge in [-0.1, -0.05) is 63.8 Å². The molecular formula is C77H66ClF8N21O6S3. The van der Waals surface area contributed by atoms with Crippen molar-refractivity contribution in [1.82, 2.24) is 44.9 Å². The minimum absolute atomic E-state index is 0.0522. The molecule has 6 amide bonds. The molecule has 11 heterocycles. The topological polar surface area (TPSA) is 320 Å². The van der Waals surface area contributed by atoms with Crippen LogP contribution in [-0.2, 0) is 20.4 Å². The zero-order valence-electron chi connectivity index (χ0n) is 60.8. The van der Waals surface area contributed by atoms with E-state index in [0.29, 0.717) is 156 Å². The number of halogens is 9. The summed E-state index contributed by atoms with van der Waals surface area (Å²) >= 11 is 10.3. The van der Waals surface area contributed by atoms with Crippen LogP contribution in [0.25, 0.3) is 65.5 Å². The Bertz CT molecular complexity index is 5620. The maximum atomic E-state index is 15.2. The predicted molar refractivity (Wildman–Crippen MR) is 430 cm³/mol. The van der Waals surface area contributed by atoms with Crippen molar-refractivity contribution in [3.8, 4) is 65.5 Å². The van der Waals surface area contributed by atoms with Crippen LogP contribution in [0.3, 0.4) is 0 Å². The molecule has 5 saturated heterocycles. The zero-order valence-corrected chi connectivity index (χ0v) is 64.0. The quantitative estimate of drug-likeness (QED) is 0.0595. The summed E-state index contributed by atoms with van der Waals surface area (Å²) in [4.78, 5) is 92.7. The van der Waals surface area contributed by atoms with Gasteiger partial charge in [0.1, 0.15) is 46.2 Å². The lowest BCUT2D eigenvalue weighted by atomic mass is 10.1. The van der Waals surface area contributed by atoms with Gasteiger partial charge in [-0.05, 0) is 132 Å². The summed E-state index contributed by atoms with van der Waals surface area (Å²) < 4.78 is 127. The molecule has 0 bridgehead atoms. The Morgan fingerprint density at radius 2 is 0.784 bits per heavy atom. The summed E-state index contributed by atoms with van der Waals surface area (Å²) in [5, 5.41) is 7.49. The molecule has 0 atom stereocenters. The second kappa shape index (κ2) is 34.4. The van der Waals surface area contributed by atoms with E-state index in [0.717, 1.165) is 63.2 Å². The Hall–Kier alpha value is -12.3. The number of urea groups is 3. The molecule has 39 heteroatoms. The van der Waals surface area contributed by atoms with Crippen LogP contribution in [-0.4, -0.2) is 168 Å². The number of nitrogens with one attached hydrogen (secondary N) is 2. The number of ether oxygens (including phenoxy) is 3. The molecule has 5 aliphatic rings. The molecule has 5 fully saturated rings. The van der Waals surface area contributed by atoms with Crippen molar-refractivity contribution in [2.75, 3.05) is 167 Å². The number of anilines is 12. The lowest BCUT2D eigenvalue weighted by Gasteiger charge is -2.26. The molecule has 116 heavy (non-hydrogen) atoms. The molecule has 0 unspecified atom stereocenters. The van der Waals surface area contributed by atoms with Crippen LogP contribution in [0, 0.1) is 29.1 Å². The highest BCUT2D eigenvalue weighted by atomic mass is 35.5. The van der Waals surface area contributed by atoms with Crippen LogP contribution in [0.1, 0.15) is 5.56 Å². The van der Waals surface area contributed by atoms with E-state index in [1.807, 2.05) is 0 Å². The Morgan fingerprint density at radius 3 is 1.17 bits per heavy atom. The lowest BCUT2D eigenvalue weighted by Crippen LogP contribution is -2.36. The number of hydrogen-bond acceptors (Lipinski definition) is 24. The number of aromatic nitrogens is 9. The van der Waals surface area contributed by atoms with Crippen molar-refractivity contribution in [3.63, 3.8) is 0 Å². The van der Waals surface area contributed by atoms with Crippen LogP contribution in [0.4, 0.5) is 117 Å². The van der Waals surface area contributed by atoms with Gasteiger partial charge in [0.2, 0.25) is 17.8 Å². The molecule has 6 aromatic heterocycles. The average Bonchev–Trinajstić information content (AvgIpc) is 1.61. The van der Waals surface area contributed by atoms with Crippen LogP contribution in [0.5, 0.6) is 0 Å².